The molecule has 0 heterocycles. The zero-order valence-electron chi connectivity index (χ0n) is 9.59. The van der Waals surface area contributed by atoms with Gasteiger partial charge in [-0.1, -0.05) is 52.8 Å². The number of rotatable bonds is 0. The lowest BCUT2D eigenvalue weighted by molar-refractivity contribution is 0.511. The summed E-state index contributed by atoms with van der Waals surface area (Å²) in [5.41, 5.74) is 1.88. The molecule has 0 amide bonds. The number of allylic oxidation sites excluding steroid dienone is 4. The van der Waals surface area contributed by atoms with Gasteiger partial charge in [0.05, 0.1) is 0 Å². The summed E-state index contributed by atoms with van der Waals surface area (Å²) in [4.78, 5) is 0. The van der Waals surface area contributed by atoms with Crippen molar-refractivity contribution in [3.05, 3.63) is 23.8 Å². The highest BCUT2D eigenvalue weighted by molar-refractivity contribution is 5.34. The van der Waals surface area contributed by atoms with Crippen LogP contribution in [0.2, 0.25) is 0 Å². The van der Waals surface area contributed by atoms with Crippen LogP contribution in [0.4, 0.5) is 0 Å². The average Bonchev–Trinajstić information content (AvgIpc) is 2.83. The molecule has 0 aromatic rings. The van der Waals surface area contributed by atoms with Crippen molar-refractivity contribution in [2.24, 2.45) is 17.3 Å². The van der Waals surface area contributed by atoms with Gasteiger partial charge in [-0.3, -0.25) is 0 Å². The molecule has 2 atom stereocenters. The Morgan fingerprint density at radius 3 is 2.23 bits per heavy atom. The highest BCUT2D eigenvalue weighted by atomic mass is 14.4. The second-order valence-electron chi connectivity index (χ2n) is 4.79. The maximum atomic E-state index is 2.46. The second-order valence-corrected chi connectivity index (χ2v) is 4.79. The summed E-state index contributed by atoms with van der Waals surface area (Å²) in [5.74, 6) is 1.80. The quantitative estimate of drug-likeness (QED) is 0.521. The Hall–Kier alpha value is -0.520. The van der Waals surface area contributed by atoms with Crippen molar-refractivity contribution >= 4 is 0 Å². The Labute approximate surface area is 82.7 Å². The van der Waals surface area contributed by atoms with Gasteiger partial charge in [-0.05, 0) is 29.2 Å². The maximum Gasteiger partial charge on any atom is -0.0135 e. The van der Waals surface area contributed by atoms with Gasteiger partial charge in [0.15, 0.2) is 0 Å². The van der Waals surface area contributed by atoms with Crippen LogP contribution in [0.3, 0.4) is 0 Å². The molecule has 1 saturated carbocycles. The van der Waals surface area contributed by atoms with E-state index in [2.05, 4.69) is 39.0 Å². The summed E-state index contributed by atoms with van der Waals surface area (Å²) in [6.45, 7) is 10.9. The van der Waals surface area contributed by atoms with Crippen LogP contribution in [0.1, 0.15) is 41.0 Å². The van der Waals surface area contributed by atoms with Crippen LogP contribution in [0.5, 0.6) is 0 Å². The van der Waals surface area contributed by atoms with Crippen molar-refractivity contribution in [1.82, 2.24) is 0 Å². The number of hydrogen-bond acceptors (Lipinski definition) is 0. The lowest BCUT2D eigenvalue weighted by Crippen LogP contribution is -2.09. The minimum absolute atomic E-state index is 0.351. The molecule has 0 radical (unpaired) electrons. The first-order valence-electron chi connectivity index (χ1n) is 5.48. The zero-order chi connectivity index (χ0) is 10.1. The SMILES string of the molecule is CC.CC(C)(C)C1=CC2CC2C=C1. The minimum atomic E-state index is 0.351. The van der Waals surface area contributed by atoms with Crippen LogP contribution in [-0.2, 0) is 0 Å². The van der Waals surface area contributed by atoms with Crippen molar-refractivity contribution in [3.63, 3.8) is 0 Å². The van der Waals surface area contributed by atoms with Crippen LogP contribution in [-0.4, -0.2) is 0 Å². The first kappa shape index (κ1) is 10.6. The minimum Gasteiger partial charge on any atom is -0.0805 e. The normalized spacial score (nSPS) is 29.8. The second kappa shape index (κ2) is 3.69. The van der Waals surface area contributed by atoms with E-state index < -0.39 is 0 Å². The highest BCUT2D eigenvalue weighted by Crippen LogP contribution is 2.46. The molecule has 74 valence electrons. The Morgan fingerprint density at radius 1 is 1.15 bits per heavy atom. The molecule has 0 nitrogen and oxygen atoms in total. The summed E-state index contributed by atoms with van der Waals surface area (Å²) < 4.78 is 0. The van der Waals surface area contributed by atoms with Crippen molar-refractivity contribution in [1.29, 1.82) is 0 Å². The maximum absolute atomic E-state index is 2.46. The van der Waals surface area contributed by atoms with Gasteiger partial charge < -0.3 is 0 Å². The number of fused-ring (bicyclic) bond motifs is 1. The van der Waals surface area contributed by atoms with Gasteiger partial charge in [-0.2, -0.15) is 0 Å². The third kappa shape index (κ3) is 2.46. The molecule has 2 aliphatic rings. The lowest BCUT2D eigenvalue weighted by atomic mass is 9.84. The molecule has 1 fully saturated rings. The molecule has 2 unspecified atom stereocenters. The predicted molar refractivity (Wildman–Crippen MR) is 59.6 cm³/mol. The third-order valence-corrected chi connectivity index (χ3v) is 2.67. The van der Waals surface area contributed by atoms with Crippen molar-refractivity contribution in [3.8, 4) is 0 Å². The molecule has 0 bridgehead atoms. The van der Waals surface area contributed by atoms with Crippen LogP contribution in [0.15, 0.2) is 23.8 Å². The first-order valence-corrected chi connectivity index (χ1v) is 5.48. The van der Waals surface area contributed by atoms with Crippen molar-refractivity contribution in [2.75, 3.05) is 0 Å². The van der Waals surface area contributed by atoms with Gasteiger partial charge in [-0.25, -0.2) is 0 Å². The topological polar surface area (TPSA) is 0 Å². The molecule has 0 spiro atoms. The fraction of sp³-hybridized carbons (Fsp3) is 0.692. The van der Waals surface area contributed by atoms with Crippen LogP contribution in [0.25, 0.3) is 0 Å². The van der Waals surface area contributed by atoms with E-state index in [4.69, 9.17) is 0 Å². The van der Waals surface area contributed by atoms with Gasteiger partial charge in [0.25, 0.3) is 0 Å². The number of hydrogen-bond donors (Lipinski definition) is 0. The summed E-state index contributed by atoms with van der Waals surface area (Å²) in [7, 11) is 0. The lowest BCUT2D eigenvalue weighted by Gasteiger charge is -2.21. The van der Waals surface area contributed by atoms with Gasteiger partial charge in [0.2, 0.25) is 0 Å². The Kier molecular flexibility index (Phi) is 3.00. The van der Waals surface area contributed by atoms with Crippen LogP contribution in [0, 0.1) is 17.3 Å². The van der Waals surface area contributed by atoms with Gasteiger partial charge in [-0.15, -0.1) is 0 Å². The Morgan fingerprint density at radius 2 is 1.77 bits per heavy atom. The van der Waals surface area contributed by atoms with Crippen molar-refractivity contribution in [2.45, 2.75) is 41.0 Å². The summed E-state index contributed by atoms with van der Waals surface area (Å²) in [6, 6.07) is 0. The van der Waals surface area contributed by atoms with Gasteiger partial charge in [0.1, 0.15) is 0 Å². The largest absolute Gasteiger partial charge is 0.0805 e. The van der Waals surface area contributed by atoms with Gasteiger partial charge in [0, 0.05) is 0 Å². The summed E-state index contributed by atoms with van der Waals surface area (Å²) in [5, 5.41) is 0. The smallest absolute Gasteiger partial charge is 0.0135 e. The van der Waals surface area contributed by atoms with E-state index >= 15 is 0 Å². The van der Waals surface area contributed by atoms with Gasteiger partial charge >= 0.3 is 0 Å². The van der Waals surface area contributed by atoms with E-state index in [9.17, 15) is 0 Å². The monoisotopic (exact) mass is 178 g/mol. The van der Waals surface area contributed by atoms with E-state index in [0.717, 1.165) is 11.8 Å². The summed E-state index contributed by atoms with van der Waals surface area (Å²) in [6.07, 6.45) is 8.56. The Balaban J connectivity index is 0.000000396. The molecule has 2 aliphatic carbocycles. The molecule has 0 aliphatic heterocycles. The molecule has 2 rings (SSSR count). The van der Waals surface area contributed by atoms with E-state index in [-0.39, 0.29) is 0 Å². The fourth-order valence-corrected chi connectivity index (χ4v) is 1.66. The van der Waals surface area contributed by atoms with E-state index in [1.165, 1.54) is 12.0 Å². The Bertz CT molecular complexity index is 225. The molecule has 0 heteroatoms. The molecule has 0 N–H and O–H groups in total. The molecule has 13 heavy (non-hydrogen) atoms. The van der Waals surface area contributed by atoms with Crippen LogP contribution < -0.4 is 0 Å². The van der Waals surface area contributed by atoms with Crippen LogP contribution >= 0.6 is 0 Å². The van der Waals surface area contributed by atoms with Crippen molar-refractivity contribution < 1.29 is 0 Å². The molecular weight excluding hydrogens is 156 g/mol. The third-order valence-electron chi connectivity index (χ3n) is 2.67. The molecule has 0 aromatic heterocycles. The van der Waals surface area contributed by atoms with E-state index in [0.29, 0.717) is 5.41 Å². The fourth-order valence-electron chi connectivity index (χ4n) is 1.66. The standard InChI is InChI=1S/C11H16.C2H6/c1-11(2,3)10-5-4-8-6-9(8)7-10;1-2/h4-5,7-9H,6H2,1-3H3;1-2H3. The molecular formula is C13H22. The zero-order valence-corrected chi connectivity index (χ0v) is 9.59. The van der Waals surface area contributed by atoms with E-state index in [1.807, 2.05) is 13.8 Å². The highest BCUT2D eigenvalue weighted by Gasteiger charge is 2.36. The average molecular weight is 178 g/mol. The predicted octanol–water partition coefficient (Wildman–Crippen LogP) is 4.19. The molecule has 0 saturated heterocycles. The first-order chi connectivity index (χ1) is 6.07. The van der Waals surface area contributed by atoms with E-state index in [1.54, 1.807) is 0 Å². The summed E-state index contributed by atoms with van der Waals surface area (Å²) >= 11 is 0. The molecule has 0 aromatic carbocycles.